The smallest absolute Gasteiger partial charge is 0.138 e. The summed E-state index contributed by atoms with van der Waals surface area (Å²) < 4.78 is 1.81. The van der Waals surface area contributed by atoms with E-state index in [-0.39, 0.29) is 0 Å². The van der Waals surface area contributed by atoms with Crippen molar-refractivity contribution in [2.45, 2.75) is 32.9 Å². The summed E-state index contributed by atoms with van der Waals surface area (Å²) in [6.07, 6.45) is 1.36. The van der Waals surface area contributed by atoms with E-state index >= 15 is 0 Å². The summed E-state index contributed by atoms with van der Waals surface area (Å²) in [6.45, 7) is 4.70. The van der Waals surface area contributed by atoms with Gasteiger partial charge in [0.25, 0.3) is 0 Å². The Balaban J connectivity index is 1.99. The predicted molar refractivity (Wildman–Crippen MR) is 80.8 cm³/mol. The first kappa shape index (κ1) is 13.7. The maximum atomic E-state index is 10.6. The summed E-state index contributed by atoms with van der Waals surface area (Å²) in [6, 6.07) is 9.82. The van der Waals surface area contributed by atoms with Crippen LogP contribution in [-0.4, -0.2) is 24.9 Å². The van der Waals surface area contributed by atoms with Crippen LogP contribution in [0.15, 0.2) is 36.7 Å². The number of fused-ring (bicyclic) bond motifs is 1. The lowest BCUT2D eigenvalue weighted by molar-refractivity contribution is 0.175. The molecule has 5 nitrogen and oxygen atoms in total. The topological polar surface area (TPSA) is 63.8 Å². The first-order valence-corrected chi connectivity index (χ1v) is 7.10. The van der Waals surface area contributed by atoms with Gasteiger partial charge in [0.05, 0.1) is 11.6 Å². The number of rotatable bonds is 4. The van der Waals surface area contributed by atoms with E-state index in [0.29, 0.717) is 6.42 Å². The minimum Gasteiger partial charge on any atom is -0.388 e. The van der Waals surface area contributed by atoms with Gasteiger partial charge in [0, 0.05) is 24.0 Å². The first-order valence-electron chi connectivity index (χ1n) is 7.10. The standard InChI is InChI=1S/C16H18N4O/c1-3-20-16(17-10-18-20)9-15(21)13-8-11(2)19-14-7-5-4-6-12(13)14/h4-8,10,15,21H,3,9H2,1-2H3. The molecule has 0 saturated heterocycles. The van der Waals surface area contributed by atoms with Gasteiger partial charge in [0.1, 0.15) is 12.2 Å². The van der Waals surface area contributed by atoms with Crippen LogP contribution in [-0.2, 0) is 13.0 Å². The lowest BCUT2D eigenvalue weighted by atomic mass is 10.0. The van der Waals surface area contributed by atoms with Crippen molar-refractivity contribution in [2.24, 2.45) is 0 Å². The van der Waals surface area contributed by atoms with E-state index in [9.17, 15) is 5.11 Å². The van der Waals surface area contributed by atoms with E-state index in [0.717, 1.165) is 34.5 Å². The van der Waals surface area contributed by atoms with Crippen LogP contribution in [0.3, 0.4) is 0 Å². The maximum absolute atomic E-state index is 10.6. The minimum absolute atomic E-state index is 0.446. The Kier molecular flexibility index (Phi) is 3.66. The van der Waals surface area contributed by atoms with E-state index in [1.165, 1.54) is 6.33 Å². The summed E-state index contributed by atoms with van der Waals surface area (Å²) in [5.41, 5.74) is 2.70. The highest BCUT2D eigenvalue weighted by atomic mass is 16.3. The van der Waals surface area contributed by atoms with Crippen molar-refractivity contribution in [3.63, 3.8) is 0 Å². The van der Waals surface area contributed by atoms with E-state index in [1.807, 2.05) is 44.2 Å². The fourth-order valence-corrected chi connectivity index (χ4v) is 2.61. The molecule has 1 N–H and O–H groups in total. The maximum Gasteiger partial charge on any atom is 0.138 e. The lowest BCUT2D eigenvalue weighted by Crippen LogP contribution is -2.10. The Bertz CT molecular complexity index is 766. The van der Waals surface area contributed by atoms with E-state index < -0.39 is 6.10 Å². The van der Waals surface area contributed by atoms with Crippen LogP contribution in [0, 0.1) is 6.92 Å². The second-order valence-electron chi connectivity index (χ2n) is 5.08. The number of aliphatic hydroxyl groups excluding tert-OH is 1. The molecule has 21 heavy (non-hydrogen) atoms. The van der Waals surface area contributed by atoms with Gasteiger partial charge in [-0.25, -0.2) is 4.98 Å². The number of aryl methyl sites for hydroxylation is 2. The van der Waals surface area contributed by atoms with Gasteiger partial charge in [-0.1, -0.05) is 18.2 Å². The van der Waals surface area contributed by atoms with Gasteiger partial charge in [-0.15, -0.1) is 0 Å². The third kappa shape index (κ3) is 2.64. The molecule has 3 aromatic rings. The fourth-order valence-electron chi connectivity index (χ4n) is 2.61. The van der Waals surface area contributed by atoms with E-state index in [4.69, 9.17) is 0 Å². The predicted octanol–water partition coefficient (Wildman–Crippen LogP) is 2.43. The molecule has 0 bridgehead atoms. The quantitative estimate of drug-likeness (QED) is 0.798. The molecule has 3 rings (SSSR count). The molecule has 0 spiro atoms. The van der Waals surface area contributed by atoms with Gasteiger partial charge in [0.15, 0.2) is 0 Å². The summed E-state index contributed by atoms with van der Waals surface area (Å²) >= 11 is 0. The number of para-hydroxylation sites is 1. The van der Waals surface area contributed by atoms with Crippen LogP contribution in [0.25, 0.3) is 10.9 Å². The molecule has 108 valence electrons. The Hall–Kier alpha value is -2.27. The Morgan fingerprint density at radius 2 is 2.10 bits per heavy atom. The highest BCUT2D eigenvalue weighted by Crippen LogP contribution is 2.26. The number of aromatic nitrogens is 4. The molecule has 0 saturated carbocycles. The van der Waals surface area contributed by atoms with Crippen LogP contribution in [0.1, 0.15) is 30.1 Å². The molecular formula is C16H18N4O. The molecule has 5 heteroatoms. The van der Waals surface area contributed by atoms with Crippen LogP contribution in [0.5, 0.6) is 0 Å². The third-order valence-corrected chi connectivity index (χ3v) is 3.61. The number of hydrogen-bond donors (Lipinski definition) is 1. The van der Waals surface area contributed by atoms with Crippen molar-refractivity contribution in [1.82, 2.24) is 19.7 Å². The highest BCUT2D eigenvalue weighted by molar-refractivity contribution is 5.82. The number of nitrogens with zero attached hydrogens (tertiary/aromatic N) is 4. The molecule has 2 aromatic heterocycles. The molecule has 1 unspecified atom stereocenters. The van der Waals surface area contributed by atoms with Gasteiger partial charge in [-0.05, 0) is 31.5 Å². The number of hydrogen-bond acceptors (Lipinski definition) is 4. The van der Waals surface area contributed by atoms with Gasteiger partial charge < -0.3 is 5.11 Å². The zero-order chi connectivity index (χ0) is 14.8. The summed E-state index contributed by atoms with van der Waals surface area (Å²) in [7, 11) is 0. The number of pyridine rings is 1. The van der Waals surface area contributed by atoms with E-state index in [1.54, 1.807) is 4.68 Å². The van der Waals surface area contributed by atoms with Gasteiger partial charge in [-0.2, -0.15) is 5.10 Å². The number of aliphatic hydroxyl groups is 1. The molecule has 1 atom stereocenters. The number of benzene rings is 1. The molecule has 0 aliphatic heterocycles. The van der Waals surface area contributed by atoms with Crippen molar-refractivity contribution < 1.29 is 5.11 Å². The van der Waals surface area contributed by atoms with Crippen LogP contribution in [0.2, 0.25) is 0 Å². The van der Waals surface area contributed by atoms with Gasteiger partial charge >= 0.3 is 0 Å². The highest BCUT2D eigenvalue weighted by Gasteiger charge is 2.16. The summed E-state index contributed by atoms with van der Waals surface area (Å²) in [4.78, 5) is 8.74. The average Bonchev–Trinajstić information content (AvgIpc) is 2.93. The van der Waals surface area contributed by atoms with Crippen LogP contribution in [0.4, 0.5) is 0 Å². The molecule has 0 aliphatic carbocycles. The van der Waals surface area contributed by atoms with Gasteiger partial charge in [-0.3, -0.25) is 9.67 Å². The molecule has 0 fully saturated rings. The molecule has 2 heterocycles. The summed E-state index contributed by atoms with van der Waals surface area (Å²) in [5.74, 6) is 0.795. The SMILES string of the molecule is CCn1ncnc1CC(O)c1cc(C)nc2ccccc12. The molecular weight excluding hydrogens is 264 g/mol. The second kappa shape index (κ2) is 5.61. The monoisotopic (exact) mass is 282 g/mol. The Morgan fingerprint density at radius 3 is 2.90 bits per heavy atom. The van der Waals surface area contributed by atoms with Gasteiger partial charge in [0.2, 0.25) is 0 Å². The Labute approximate surface area is 123 Å². The largest absolute Gasteiger partial charge is 0.388 e. The minimum atomic E-state index is -0.619. The van der Waals surface area contributed by atoms with Crippen molar-refractivity contribution in [1.29, 1.82) is 0 Å². The molecule has 0 radical (unpaired) electrons. The van der Waals surface area contributed by atoms with Crippen molar-refractivity contribution >= 4 is 10.9 Å². The zero-order valence-corrected chi connectivity index (χ0v) is 12.2. The average molecular weight is 282 g/mol. The Morgan fingerprint density at radius 1 is 1.29 bits per heavy atom. The fraction of sp³-hybridized carbons (Fsp3) is 0.312. The van der Waals surface area contributed by atoms with Crippen LogP contribution < -0.4 is 0 Å². The first-order chi connectivity index (χ1) is 10.2. The van der Waals surface area contributed by atoms with Crippen molar-refractivity contribution in [2.75, 3.05) is 0 Å². The molecule has 0 amide bonds. The van der Waals surface area contributed by atoms with E-state index in [2.05, 4.69) is 15.1 Å². The zero-order valence-electron chi connectivity index (χ0n) is 12.2. The summed E-state index contributed by atoms with van der Waals surface area (Å²) in [5, 5.41) is 15.8. The second-order valence-corrected chi connectivity index (χ2v) is 5.08. The normalized spacial score (nSPS) is 12.7. The third-order valence-electron chi connectivity index (χ3n) is 3.61. The lowest BCUT2D eigenvalue weighted by Gasteiger charge is -2.14. The molecule has 1 aromatic carbocycles. The van der Waals surface area contributed by atoms with Crippen molar-refractivity contribution in [3.8, 4) is 0 Å². The van der Waals surface area contributed by atoms with Crippen LogP contribution >= 0.6 is 0 Å². The van der Waals surface area contributed by atoms with Crippen molar-refractivity contribution in [3.05, 3.63) is 53.7 Å². The molecule has 0 aliphatic rings.